The summed E-state index contributed by atoms with van der Waals surface area (Å²) in [5.41, 5.74) is 0. The van der Waals surface area contributed by atoms with Crippen LogP contribution in [0, 0.1) is 5.92 Å². The van der Waals surface area contributed by atoms with E-state index in [9.17, 15) is 9.59 Å². The van der Waals surface area contributed by atoms with Crippen LogP contribution in [0.3, 0.4) is 0 Å². The molecule has 2 fully saturated rings. The van der Waals surface area contributed by atoms with Crippen LogP contribution in [0.2, 0.25) is 5.22 Å². The fourth-order valence-electron chi connectivity index (χ4n) is 3.28. The van der Waals surface area contributed by atoms with Crippen LogP contribution < -0.4 is 10.6 Å². The molecule has 0 radical (unpaired) electrons. The van der Waals surface area contributed by atoms with Crippen LogP contribution in [0.25, 0.3) is 0 Å². The second-order valence-corrected chi connectivity index (χ2v) is 6.63. The third-order valence-corrected chi connectivity index (χ3v) is 4.74. The lowest BCUT2D eigenvalue weighted by molar-refractivity contribution is -0.123. The average molecular weight is 340 g/mol. The van der Waals surface area contributed by atoms with Gasteiger partial charge in [0.2, 0.25) is 5.91 Å². The van der Waals surface area contributed by atoms with E-state index in [0.29, 0.717) is 19.6 Å². The normalized spacial score (nSPS) is 24.7. The number of piperidine rings is 1. The summed E-state index contributed by atoms with van der Waals surface area (Å²) < 4.78 is 5.20. The highest BCUT2D eigenvalue weighted by Gasteiger charge is 2.28. The number of hydrogen-bond acceptors (Lipinski definition) is 4. The molecule has 7 heteroatoms. The van der Waals surface area contributed by atoms with Gasteiger partial charge in [-0.05, 0) is 61.9 Å². The molecule has 6 nitrogen and oxygen atoms in total. The smallest absolute Gasteiger partial charge is 0.289 e. The summed E-state index contributed by atoms with van der Waals surface area (Å²) in [5, 5.41) is 6.43. The van der Waals surface area contributed by atoms with Crippen molar-refractivity contribution < 1.29 is 14.0 Å². The van der Waals surface area contributed by atoms with Gasteiger partial charge in [-0.25, -0.2) is 0 Å². The number of amides is 2. The zero-order valence-corrected chi connectivity index (χ0v) is 13.8. The number of nitrogens with zero attached hydrogens (tertiary/aromatic N) is 1. The maximum atomic E-state index is 12.4. The summed E-state index contributed by atoms with van der Waals surface area (Å²) >= 11 is 5.73. The highest BCUT2D eigenvalue weighted by atomic mass is 35.5. The molecule has 0 aromatic carbocycles. The molecule has 2 unspecified atom stereocenters. The van der Waals surface area contributed by atoms with Crippen LogP contribution in [0.1, 0.15) is 36.2 Å². The molecule has 3 heterocycles. The Balaban J connectivity index is 1.49. The molecule has 2 atom stereocenters. The Morgan fingerprint density at radius 1 is 1.35 bits per heavy atom. The summed E-state index contributed by atoms with van der Waals surface area (Å²) in [5.74, 6) is 0.493. The van der Waals surface area contributed by atoms with Gasteiger partial charge in [-0.15, -0.1) is 0 Å². The van der Waals surface area contributed by atoms with Crippen LogP contribution in [-0.4, -0.2) is 48.9 Å². The van der Waals surface area contributed by atoms with Gasteiger partial charge in [-0.1, -0.05) is 0 Å². The molecule has 0 spiro atoms. The first-order valence-corrected chi connectivity index (χ1v) is 8.57. The predicted octanol–water partition coefficient (Wildman–Crippen LogP) is 1.65. The molecule has 0 aliphatic carbocycles. The number of hydrogen-bond donors (Lipinski definition) is 2. The van der Waals surface area contributed by atoms with Gasteiger partial charge in [-0.2, -0.15) is 0 Å². The van der Waals surface area contributed by atoms with E-state index in [-0.39, 0.29) is 34.8 Å². The summed E-state index contributed by atoms with van der Waals surface area (Å²) in [7, 11) is 0. The molecule has 2 amide bonds. The Morgan fingerprint density at radius 3 is 2.91 bits per heavy atom. The highest BCUT2D eigenvalue weighted by molar-refractivity contribution is 6.29. The first-order chi connectivity index (χ1) is 11.1. The number of likely N-dealkylation sites (tertiary alicyclic amines) is 1. The van der Waals surface area contributed by atoms with Crippen molar-refractivity contribution in [3.8, 4) is 0 Å². The topological polar surface area (TPSA) is 74.6 Å². The lowest BCUT2D eigenvalue weighted by Crippen LogP contribution is -2.46. The van der Waals surface area contributed by atoms with E-state index in [1.54, 1.807) is 17.0 Å². The number of furan rings is 1. The van der Waals surface area contributed by atoms with E-state index >= 15 is 0 Å². The van der Waals surface area contributed by atoms with Gasteiger partial charge in [0, 0.05) is 19.6 Å². The van der Waals surface area contributed by atoms with Crippen LogP contribution in [0.4, 0.5) is 0 Å². The van der Waals surface area contributed by atoms with E-state index in [2.05, 4.69) is 10.6 Å². The molecule has 23 heavy (non-hydrogen) atoms. The van der Waals surface area contributed by atoms with Gasteiger partial charge in [0.1, 0.15) is 0 Å². The van der Waals surface area contributed by atoms with Gasteiger partial charge in [-0.3, -0.25) is 9.59 Å². The Kier molecular flexibility index (Phi) is 5.23. The minimum atomic E-state index is -0.134. The van der Waals surface area contributed by atoms with Gasteiger partial charge in [0.05, 0.1) is 6.04 Å². The summed E-state index contributed by atoms with van der Waals surface area (Å²) in [6, 6.07) is 3.12. The zero-order chi connectivity index (χ0) is 16.2. The van der Waals surface area contributed by atoms with Crippen molar-refractivity contribution >= 4 is 23.4 Å². The first-order valence-electron chi connectivity index (χ1n) is 8.19. The maximum Gasteiger partial charge on any atom is 0.289 e. The van der Waals surface area contributed by atoms with Gasteiger partial charge >= 0.3 is 0 Å². The second-order valence-electron chi connectivity index (χ2n) is 6.26. The number of halogens is 1. The molecule has 2 N–H and O–H groups in total. The third-order valence-electron chi connectivity index (χ3n) is 4.53. The van der Waals surface area contributed by atoms with Crippen LogP contribution in [-0.2, 0) is 4.79 Å². The van der Waals surface area contributed by atoms with Crippen molar-refractivity contribution in [3.63, 3.8) is 0 Å². The van der Waals surface area contributed by atoms with Gasteiger partial charge in [0.15, 0.2) is 11.0 Å². The second kappa shape index (κ2) is 7.36. The zero-order valence-electron chi connectivity index (χ0n) is 13.0. The molecular weight excluding hydrogens is 318 g/mol. The fourth-order valence-corrected chi connectivity index (χ4v) is 3.42. The first kappa shape index (κ1) is 16.3. The largest absolute Gasteiger partial charge is 0.440 e. The molecule has 0 bridgehead atoms. The lowest BCUT2D eigenvalue weighted by Gasteiger charge is -2.32. The molecule has 1 aromatic heterocycles. The lowest BCUT2D eigenvalue weighted by atomic mass is 9.97. The average Bonchev–Trinajstić information content (AvgIpc) is 3.24. The third kappa shape index (κ3) is 4.06. The molecule has 2 aliphatic rings. The summed E-state index contributed by atoms with van der Waals surface area (Å²) in [6.07, 6.45) is 3.90. The molecule has 2 saturated heterocycles. The summed E-state index contributed by atoms with van der Waals surface area (Å²) in [6.45, 7) is 2.87. The van der Waals surface area contributed by atoms with Crippen molar-refractivity contribution in [1.82, 2.24) is 15.5 Å². The van der Waals surface area contributed by atoms with E-state index in [0.717, 1.165) is 32.2 Å². The van der Waals surface area contributed by atoms with Crippen molar-refractivity contribution in [3.05, 3.63) is 23.1 Å². The number of nitrogens with one attached hydrogen (secondary N) is 2. The number of rotatable bonds is 4. The van der Waals surface area contributed by atoms with Crippen molar-refractivity contribution in [2.24, 2.45) is 5.92 Å². The fraction of sp³-hybridized carbons (Fsp3) is 0.625. The molecule has 126 valence electrons. The van der Waals surface area contributed by atoms with Crippen molar-refractivity contribution in [2.75, 3.05) is 26.2 Å². The summed E-state index contributed by atoms with van der Waals surface area (Å²) in [4.78, 5) is 26.2. The van der Waals surface area contributed by atoms with Gasteiger partial charge < -0.3 is 20.0 Å². The maximum absolute atomic E-state index is 12.4. The standard InChI is InChI=1S/C16H22ClN3O3/c17-14-6-5-13(23-14)16(22)20-8-2-3-11(10-20)9-19-15(21)12-4-1-7-18-12/h5-6,11-12,18H,1-4,7-10H2,(H,19,21). The van der Waals surface area contributed by atoms with Gasteiger partial charge in [0.25, 0.3) is 5.91 Å². The molecule has 1 aromatic rings. The predicted molar refractivity (Wildman–Crippen MR) is 86.4 cm³/mol. The highest BCUT2D eigenvalue weighted by Crippen LogP contribution is 2.20. The Morgan fingerprint density at radius 2 is 2.22 bits per heavy atom. The van der Waals surface area contributed by atoms with Crippen LogP contribution in [0.15, 0.2) is 16.5 Å². The SMILES string of the molecule is O=C(NCC1CCCN(C(=O)c2ccc(Cl)o2)C1)C1CCCN1. The van der Waals surface area contributed by atoms with Crippen LogP contribution >= 0.6 is 11.6 Å². The Labute approximate surface area is 140 Å². The van der Waals surface area contributed by atoms with Crippen molar-refractivity contribution in [1.29, 1.82) is 0 Å². The van der Waals surface area contributed by atoms with E-state index in [1.165, 1.54) is 0 Å². The monoisotopic (exact) mass is 339 g/mol. The van der Waals surface area contributed by atoms with E-state index in [1.807, 2.05) is 0 Å². The van der Waals surface area contributed by atoms with E-state index < -0.39 is 0 Å². The minimum absolute atomic E-state index is 0.0541. The Bertz CT molecular complexity index is 569. The quantitative estimate of drug-likeness (QED) is 0.874. The molecule has 3 rings (SSSR count). The minimum Gasteiger partial charge on any atom is -0.440 e. The molecule has 2 aliphatic heterocycles. The van der Waals surface area contributed by atoms with Crippen LogP contribution in [0.5, 0.6) is 0 Å². The van der Waals surface area contributed by atoms with Crippen molar-refractivity contribution in [2.45, 2.75) is 31.7 Å². The number of carbonyl (C=O) groups excluding carboxylic acids is 2. The Hall–Kier alpha value is -1.53. The van der Waals surface area contributed by atoms with E-state index in [4.69, 9.17) is 16.0 Å². The number of carbonyl (C=O) groups is 2. The molecular formula is C16H22ClN3O3. The molecule has 0 saturated carbocycles.